The van der Waals surface area contributed by atoms with Gasteiger partial charge in [0.05, 0.1) is 30.4 Å². The molecule has 0 saturated heterocycles. The maximum Gasteiger partial charge on any atom is 0.251 e. The summed E-state index contributed by atoms with van der Waals surface area (Å²) in [5.74, 6) is -0.269. The first-order chi connectivity index (χ1) is 12.8. The number of thiophene rings is 1. The van der Waals surface area contributed by atoms with E-state index in [1.807, 2.05) is 25.5 Å². The SMILES string of the molecule is CCN(CC)S(=O)(=O)c1cccc(C(=O)NC[C@H](c2cccs2)[NH+](C)C)c1. The highest BCUT2D eigenvalue weighted by molar-refractivity contribution is 7.89. The van der Waals surface area contributed by atoms with Gasteiger partial charge in [-0.3, -0.25) is 4.79 Å². The molecule has 2 rings (SSSR count). The second-order valence-electron chi connectivity index (χ2n) is 6.47. The van der Waals surface area contributed by atoms with E-state index in [0.717, 1.165) is 0 Å². The van der Waals surface area contributed by atoms with Crippen LogP contribution in [0.3, 0.4) is 0 Å². The molecule has 0 radical (unpaired) electrons. The monoisotopic (exact) mass is 410 g/mol. The van der Waals surface area contributed by atoms with Crippen LogP contribution in [-0.4, -0.2) is 52.4 Å². The number of quaternary nitrogens is 1. The number of amides is 1. The van der Waals surface area contributed by atoms with Crippen molar-refractivity contribution in [2.75, 3.05) is 33.7 Å². The van der Waals surface area contributed by atoms with Crippen molar-refractivity contribution in [1.29, 1.82) is 0 Å². The second-order valence-corrected chi connectivity index (χ2v) is 9.39. The molecule has 0 aliphatic carbocycles. The number of hydrogen-bond donors (Lipinski definition) is 2. The lowest BCUT2D eigenvalue weighted by molar-refractivity contribution is -0.890. The van der Waals surface area contributed by atoms with E-state index in [4.69, 9.17) is 0 Å². The van der Waals surface area contributed by atoms with Gasteiger partial charge in [-0.1, -0.05) is 26.0 Å². The quantitative estimate of drug-likeness (QED) is 0.656. The summed E-state index contributed by atoms with van der Waals surface area (Å²) in [6.45, 7) is 4.86. The van der Waals surface area contributed by atoms with Crippen LogP contribution < -0.4 is 10.2 Å². The number of sulfonamides is 1. The van der Waals surface area contributed by atoms with E-state index in [1.54, 1.807) is 37.3 Å². The third-order valence-corrected chi connectivity index (χ3v) is 7.52. The van der Waals surface area contributed by atoms with E-state index < -0.39 is 10.0 Å². The third kappa shape index (κ3) is 5.16. The molecule has 0 fully saturated rings. The summed E-state index contributed by atoms with van der Waals surface area (Å²) in [5.41, 5.74) is 0.349. The summed E-state index contributed by atoms with van der Waals surface area (Å²) < 4.78 is 26.7. The smallest absolute Gasteiger partial charge is 0.251 e. The molecule has 27 heavy (non-hydrogen) atoms. The van der Waals surface area contributed by atoms with Gasteiger partial charge in [-0.2, -0.15) is 4.31 Å². The van der Waals surface area contributed by atoms with Crippen LogP contribution in [0, 0.1) is 0 Å². The third-order valence-electron chi connectivity index (χ3n) is 4.49. The van der Waals surface area contributed by atoms with E-state index in [2.05, 4.69) is 11.4 Å². The van der Waals surface area contributed by atoms with Crippen molar-refractivity contribution >= 4 is 27.3 Å². The minimum atomic E-state index is -3.59. The van der Waals surface area contributed by atoms with Crippen molar-refractivity contribution in [1.82, 2.24) is 9.62 Å². The van der Waals surface area contributed by atoms with Crippen molar-refractivity contribution in [3.05, 3.63) is 52.2 Å². The number of nitrogens with one attached hydrogen (secondary N) is 2. The Balaban J connectivity index is 2.15. The van der Waals surface area contributed by atoms with Crippen molar-refractivity contribution in [2.24, 2.45) is 0 Å². The fourth-order valence-corrected chi connectivity index (χ4v) is 5.35. The molecule has 0 bridgehead atoms. The van der Waals surface area contributed by atoms with E-state index in [9.17, 15) is 13.2 Å². The van der Waals surface area contributed by atoms with Crippen LogP contribution in [0.2, 0.25) is 0 Å². The lowest BCUT2D eigenvalue weighted by atomic mass is 10.2. The van der Waals surface area contributed by atoms with Crippen LogP contribution in [0.25, 0.3) is 0 Å². The fraction of sp³-hybridized carbons (Fsp3) is 0.421. The summed E-state index contributed by atoms with van der Waals surface area (Å²) in [6.07, 6.45) is 0. The van der Waals surface area contributed by atoms with Crippen molar-refractivity contribution < 1.29 is 18.1 Å². The summed E-state index contributed by atoms with van der Waals surface area (Å²) in [5, 5.41) is 4.97. The van der Waals surface area contributed by atoms with Gasteiger partial charge in [0, 0.05) is 18.7 Å². The van der Waals surface area contributed by atoms with Gasteiger partial charge in [-0.25, -0.2) is 8.42 Å². The van der Waals surface area contributed by atoms with Gasteiger partial charge in [-0.15, -0.1) is 11.3 Å². The topological polar surface area (TPSA) is 70.9 Å². The first-order valence-corrected chi connectivity index (χ1v) is 11.3. The Hall–Kier alpha value is -1.74. The molecule has 0 spiro atoms. The molecule has 1 amide bonds. The van der Waals surface area contributed by atoms with Gasteiger partial charge >= 0.3 is 0 Å². The average Bonchev–Trinajstić information content (AvgIpc) is 3.16. The first-order valence-electron chi connectivity index (χ1n) is 9.03. The molecule has 1 aromatic heterocycles. The molecule has 0 aliphatic rings. The molecule has 6 nitrogen and oxygen atoms in total. The lowest BCUT2D eigenvalue weighted by Gasteiger charge is -2.21. The molecule has 2 aromatic rings. The standard InChI is InChI=1S/C19H27N3O3S2/c1-5-22(6-2)27(24,25)16-10-7-9-15(13-16)19(23)20-14-17(21(3)4)18-11-8-12-26-18/h7-13,17H,5-6,14H2,1-4H3,(H,20,23)/p+1/t17-/m1/s1. The number of nitrogens with zero attached hydrogens (tertiary/aromatic N) is 1. The normalized spacial score (nSPS) is 13.1. The van der Waals surface area contributed by atoms with Crippen LogP contribution in [-0.2, 0) is 10.0 Å². The van der Waals surface area contributed by atoms with Crippen LogP contribution in [0.5, 0.6) is 0 Å². The summed E-state index contributed by atoms with van der Waals surface area (Å²) in [6, 6.07) is 10.4. The van der Waals surface area contributed by atoms with Crippen molar-refractivity contribution in [3.63, 3.8) is 0 Å². The highest BCUT2D eigenvalue weighted by Crippen LogP contribution is 2.18. The zero-order chi connectivity index (χ0) is 20.0. The number of benzene rings is 1. The highest BCUT2D eigenvalue weighted by atomic mass is 32.2. The molecule has 1 heterocycles. The molecule has 2 N–H and O–H groups in total. The molecular formula is C19H28N3O3S2+. The predicted octanol–water partition coefficient (Wildman–Crippen LogP) is 1.39. The van der Waals surface area contributed by atoms with Crippen molar-refractivity contribution in [3.8, 4) is 0 Å². The van der Waals surface area contributed by atoms with Crippen LogP contribution in [0.4, 0.5) is 0 Å². The Labute approximate surface area is 165 Å². The van der Waals surface area contributed by atoms with Crippen molar-refractivity contribution in [2.45, 2.75) is 24.8 Å². The fourth-order valence-electron chi connectivity index (χ4n) is 2.89. The first kappa shape index (κ1) is 21.6. The Bertz CT molecular complexity index is 845. The molecule has 0 unspecified atom stereocenters. The number of likely N-dealkylation sites (N-methyl/N-ethyl adjacent to an activating group) is 1. The van der Waals surface area contributed by atoms with Gasteiger partial charge in [0.1, 0.15) is 6.04 Å². The zero-order valence-corrected chi connectivity index (χ0v) is 17.9. The Morgan fingerprint density at radius 3 is 2.44 bits per heavy atom. The van der Waals surface area contributed by atoms with E-state index in [-0.39, 0.29) is 16.8 Å². The van der Waals surface area contributed by atoms with Gasteiger partial charge in [0.15, 0.2) is 0 Å². The van der Waals surface area contributed by atoms with E-state index in [0.29, 0.717) is 25.2 Å². The van der Waals surface area contributed by atoms with Crippen LogP contribution in [0.15, 0.2) is 46.7 Å². The van der Waals surface area contributed by atoms with E-state index >= 15 is 0 Å². The minimum absolute atomic E-state index is 0.145. The number of hydrogen-bond acceptors (Lipinski definition) is 4. The van der Waals surface area contributed by atoms with Gasteiger partial charge < -0.3 is 10.2 Å². The number of carbonyl (C=O) groups is 1. The summed E-state index contributed by atoms with van der Waals surface area (Å²) >= 11 is 1.66. The highest BCUT2D eigenvalue weighted by Gasteiger charge is 2.23. The number of carbonyl (C=O) groups excluding carboxylic acids is 1. The minimum Gasteiger partial charge on any atom is -0.346 e. The molecular weight excluding hydrogens is 382 g/mol. The van der Waals surface area contributed by atoms with Crippen LogP contribution in [0.1, 0.15) is 35.1 Å². The molecule has 1 atom stereocenters. The zero-order valence-electron chi connectivity index (χ0n) is 16.2. The maximum absolute atomic E-state index is 12.7. The lowest BCUT2D eigenvalue weighted by Crippen LogP contribution is -3.06. The Kier molecular flexibility index (Phi) is 7.55. The molecule has 0 saturated carbocycles. The van der Waals surface area contributed by atoms with E-state index in [1.165, 1.54) is 26.2 Å². The Morgan fingerprint density at radius 2 is 1.89 bits per heavy atom. The molecule has 0 aliphatic heterocycles. The molecule has 148 valence electrons. The predicted molar refractivity (Wildman–Crippen MR) is 109 cm³/mol. The Morgan fingerprint density at radius 1 is 1.19 bits per heavy atom. The largest absolute Gasteiger partial charge is 0.346 e. The average molecular weight is 411 g/mol. The van der Waals surface area contributed by atoms with Gasteiger partial charge in [0.25, 0.3) is 5.91 Å². The second kappa shape index (κ2) is 9.45. The van der Waals surface area contributed by atoms with Crippen LogP contribution >= 0.6 is 11.3 Å². The summed E-state index contributed by atoms with van der Waals surface area (Å²) in [7, 11) is 0.512. The molecule has 1 aromatic carbocycles. The summed E-state index contributed by atoms with van der Waals surface area (Å²) in [4.78, 5) is 15.2. The van der Waals surface area contributed by atoms with Gasteiger partial charge in [-0.05, 0) is 29.6 Å². The number of rotatable bonds is 9. The molecule has 8 heteroatoms. The van der Waals surface area contributed by atoms with Gasteiger partial charge in [0.2, 0.25) is 10.0 Å². The maximum atomic E-state index is 12.7.